The van der Waals surface area contributed by atoms with Gasteiger partial charge in [-0.1, -0.05) is 29.0 Å². The topological polar surface area (TPSA) is 98.8 Å². The van der Waals surface area contributed by atoms with Gasteiger partial charge in [-0.3, -0.25) is 4.79 Å². The lowest BCUT2D eigenvalue weighted by atomic mass is 10.1. The van der Waals surface area contributed by atoms with E-state index in [0.717, 1.165) is 15.8 Å². The van der Waals surface area contributed by atoms with Crippen LogP contribution < -0.4 is 20.6 Å². The summed E-state index contributed by atoms with van der Waals surface area (Å²) >= 11 is 7.59. The maximum Gasteiger partial charge on any atom is 0.244 e. The highest BCUT2D eigenvalue weighted by Gasteiger charge is 2.11. The van der Waals surface area contributed by atoms with Gasteiger partial charge in [0.25, 0.3) is 0 Å². The summed E-state index contributed by atoms with van der Waals surface area (Å²) in [6.45, 7) is 2.34. The Labute approximate surface area is 171 Å². The van der Waals surface area contributed by atoms with Crippen molar-refractivity contribution in [3.63, 3.8) is 0 Å². The first kappa shape index (κ1) is 19.9. The van der Waals surface area contributed by atoms with Gasteiger partial charge in [0, 0.05) is 0 Å². The Kier molecular flexibility index (Phi) is 6.33. The van der Waals surface area contributed by atoms with Gasteiger partial charge in [0.1, 0.15) is 0 Å². The predicted molar refractivity (Wildman–Crippen MR) is 113 cm³/mol. The summed E-state index contributed by atoms with van der Waals surface area (Å²) < 4.78 is 11.7. The number of nitrogens with two attached hydrogens (primary N) is 1. The summed E-state index contributed by atoms with van der Waals surface area (Å²) in [4.78, 5) is 16.3. The molecule has 1 heterocycles. The summed E-state index contributed by atoms with van der Waals surface area (Å²) in [5.41, 5.74) is 10.6. The van der Waals surface area contributed by atoms with Crippen LogP contribution in [0.4, 0.5) is 5.13 Å². The van der Waals surface area contributed by atoms with Gasteiger partial charge in [-0.25, -0.2) is 10.4 Å². The number of benzene rings is 2. The highest BCUT2D eigenvalue weighted by molar-refractivity contribution is 7.22. The number of fused-ring (bicyclic) bond motifs is 1. The third kappa shape index (κ3) is 4.71. The van der Waals surface area contributed by atoms with Gasteiger partial charge in [-0.2, -0.15) is 5.10 Å². The number of aromatic nitrogens is 1. The van der Waals surface area contributed by atoms with E-state index in [1.165, 1.54) is 24.7 Å². The Morgan fingerprint density at radius 3 is 2.96 bits per heavy atom. The molecular weight excluding hydrogens is 400 g/mol. The number of hydrogen-bond acceptors (Lipinski definition) is 7. The van der Waals surface area contributed by atoms with Crippen molar-refractivity contribution in [2.24, 2.45) is 5.10 Å². The molecule has 0 saturated heterocycles. The summed E-state index contributed by atoms with van der Waals surface area (Å²) in [6, 6.07) is 9.03. The molecule has 3 rings (SSSR count). The molecule has 0 bridgehead atoms. The number of carbonyl (C=O) groups excluding carboxylic acids is 1. The van der Waals surface area contributed by atoms with E-state index in [2.05, 4.69) is 15.5 Å². The smallest absolute Gasteiger partial charge is 0.244 e. The molecule has 0 fully saturated rings. The fraction of sp³-hybridized carbons (Fsp3) is 0.211. The van der Waals surface area contributed by atoms with Crippen molar-refractivity contribution in [2.75, 3.05) is 19.5 Å². The van der Waals surface area contributed by atoms with Gasteiger partial charge in [0.05, 0.1) is 41.6 Å². The number of carbonyl (C=O) groups is 1. The van der Waals surface area contributed by atoms with Crippen LogP contribution in [0, 0.1) is 0 Å². The SMILES string of the molecule is CCOc1cc(/C=N\NC(=O)Cc2ccc3nc(N)sc3c2)cc(Cl)c1OC. The predicted octanol–water partition coefficient (Wildman–Crippen LogP) is 3.63. The minimum atomic E-state index is -0.238. The third-order valence-corrected chi connectivity index (χ3v) is 4.90. The monoisotopic (exact) mass is 418 g/mol. The fourth-order valence-corrected chi connectivity index (χ4v) is 3.72. The molecule has 0 unspecified atom stereocenters. The van der Waals surface area contributed by atoms with Crippen LogP contribution in [0.5, 0.6) is 11.5 Å². The number of nitrogen functional groups attached to an aromatic ring is 1. The van der Waals surface area contributed by atoms with Crippen LogP contribution in [0.3, 0.4) is 0 Å². The van der Waals surface area contributed by atoms with E-state index in [1.807, 2.05) is 25.1 Å². The van der Waals surface area contributed by atoms with E-state index < -0.39 is 0 Å². The molecule has 0 saturated carbocycles. The molecule has 9 heteroatoms. The van der Waals surface area contributed by atoms with Crippen LogP contribution in [-0.2, 0) is 11.2 Å². The van der Waals surface area contributed by atoms with Crippen LogP contribution in [0.25, 0.3) is 10.2 Å². The molecule has 0 aliphatic rings. The van der Waals surface area contributed by atoms with Crippen molar-refractivity contribution in [2.45, 2.75) is 13.3 Å². The molecule has 0 radical (unpaired) electrons. The van der Waals surface area contributed by atoms with E-state index in [0.29, 0.717) is 33.8 Å². The molecule has 0 aliphatic heterocycles. The Balaban J connectivity index is 1.65. The number of hydrazone groups is 1. The summed E-state index contributed by atoms with van der Waals surface area (Å²) in [7, 11) is 1.52. The standard InChI is InChI=1S/C19H19ClN4O3S/c1-3-27-15-7-12(6-13(20)18(15)26-2)10-22-24-17(25)9-11-4-5-14-16(8-11)28-19(21)23-14/h4-8,10H,3,9H2,1-2H3,(H2,21,23)(H,24,25)/b22-10-. The first-order valence-corrected chi connectivity index (χ1v) is 9.66. The van der Waals surface area contributed by atoms with Gasteiger partial charge in [0.15, 0.2) is 16.6 Å². The second-order valence-electron chi connectivity index (χ2n) is 5.79. The normalized spacial score (nSPS) is 11.1. The molecule has 3 aromatic rings. The van der Waals surface area contributed by atoms with E-state index in [4.69, 9.17) is 26.8 Å². The number of hydrogen-bond donors (Lipinski definition) is 2. The van der Waals surface area contributed by atoms with E-state index in [9.17, 15) is 4.79 Å². The van der Waals surface area contributed by atoms with Crippen LogP contribution in [0.2, 0.25) is 5.02 Å². The van der Waals surface area contributed by atoms with Gasteiger partial charge in [-0.05, 0) is 42.3 Å². The van der Waals surface area contributed by atoms with Gasteiger partial charge < -0.3 is 15.2 Å². The van der Waals surface area contributed by atoms with Crippen LogP contribution in [0.15, 0.2) is 35.4 Å². The number of thiazole rings is 1. The maximum atomic E-state index is 12.1. The number of rotatable bonds is 7. The number of nitrogens with one attached hydrogen (secondary N) is 1. The molecular formula is C19H19ClN4O3S. The van der Waals surface area contributed by atoms with Crippen molar-refractivity contribution in [3.8, 4) is 11.5 Å². The van der Waals surface area contributed by atoms with Crippen molar-refractivity contribution in [3.05, 3.63) is 46.5 Å². The van der Waals surface area contributed by atoms with Crippen molar-refractivity contribution in [1.29, 1.82) is 0 Å². The van der Waals surface area contributed by atoms with E-state index in [-0.39, 0.29) is 12.3 Å². The van der Waals surface area contributed by atoms with Crippen molar-refractivity contribution in [1.82, 2.24) is 10.4 Å². The van der Waals surface area contributed by atoms with Gasteiger partial charge in [0.2, 0.25) is 5.91 Å². The molecule has 146 valence electrons. The third-order valence-electron chi connectivity index (χ3n) is 3.77. The second kappa shape index (κ2) is 8.90. The number of anilines is 1. The Morgan fingerprint density at radius 2 is 2.21 bits per heavy atom. The van der Waals surface area contributed by atoms with Gasteiger partial charge >= 0.3 is 0 Å². The minimum Gasteiger partial charge on any atom is -0.491 e. The number of methoxy groups -OCH3 is 1. The zero-order valence-electron chi connectivity index (χ0n) is 15.4. The zero-order chi connectivity index (χ0) is 20.1. The summed E-state index contributed by atoms with van der Waals surface area (Å²) in [5.74, 6) is 0.740. The Hall–Kier alpha value is -2.84. The number of halogens is 1. The first-order chi connectivity index (χ1) is 13.5. The lowest BCUT2D eigenvalue weighted by molar-refractivity contribution is -0.120. The molecule has 3 N–H and O–H groups in total. The maximum absolute atomic E-state index is 12.1. The number of ether oxygens (including phenoxy) is 2. The summed E-state index contributed by atoms with van der Waals surface area (Å²) in [5, 5.41) is 4.90. The quantitative estimate of drug-likeness (QED) is 0.451. The highest BCUT2D eigenvalue weighted by Crippen LogP contribution is 2.35. The average molecular weight is 419 g/mol. The minimum absolute atomic E-state index is 0.193. The highest BCUT2D eigenvalue weighted by atomic mass is 35.5. The molecule has 0 atom stereocenters. The van der Waals surface area contributed by atoms with Crippen LogP contribution in [-0.4, -0.2) is 30.8 Å². The van der Waals surface area contributed by atoms with Crippen LogP contribution in [0.1, 0.15) is 18.1 Å². The van der Waals surface area contributed by atoms with Crippen LogP contribution >= 0.6 is 22.9 Å². The van der Waals surface area contributed by atoms with Gasteiger partial charge in [-0.15, -0.1) is 0 Å². The number of amides is 1. The summed E-state index contributed by atoms with van der Waals surface area (Å²) in [6.07, 6.45) is 1.69. The molecule has 28 heavy (non-hydrogen) atoms. The fourth-order valence-electron chi connectivity index (χ4n) is 2.62. The van der Waals surface area contributed by atoms with Crippen molar-refractivity contribution < 1.29 is 14.3 Å². The molecule has 0 spiro atoms. The average Bonchev–Trinajstić information content (AvgIpc) is 3.01. The largest absolute Gasteiger partial charge is 0.491 e. The Bertz CT molecular complexity index is 1040. The first-order valence-electron chi connectivity index (χ1n) is 8.47. The molecule has 2 aromatic carbocycles. The molecule has 1 amide bonds. The zero-order valence-corrected chi connectivity index (χ0v) is 16.9. The van der Waals surface area contributed by atoms with Crippen molar-refractivity contribution >= 4 is 50.4 Å². The lowest BCUT2D eigenvalue weighted by Gasteiger charge is -2.11. The molecule has 1 aromatic heterocycles. The Morgan fingerprint density at radius 1 is 1.39 bits per heavy atom. The molecule has 0 aliphatic carbocycles. The second-order valence-corrected chi connectivity index (χ2v) is 7.26. The number of nitrogens with zero attached hydrogens (tertiary/aromatic N) is 2. The molecule has 7 nitrogen and oxygen atoms in total. The van der Waals surface area contributed by atoms with E-state index in [1.54, 1.807) is 12.1 Å². The lowest BCUT2D eigenvalue weighted by Crippen LogP contribution is -2.19. The van der Waals surface area contributed by atoms with E-state index >= 15 is 0 Å².